The van der Waals surface area contributed by atoms with E-state index in [9.17, 15) is 14.7 Å². The smallest absolute Gasteiger partial charge is 0.358 e. The maximum absolute atomic E-state index is 12.5. The lowest BCUT2D eigenvalue weighted by atomic mass is 10.0. The van der Waals surface area contributed by atoms with Crippen LogP contribution in [-0.2, 0) is 17.9 Å². The van der Waals surface area contributed by atoms with E-state index in [0.717, 1.165) is 5.56 Å². The third kappa shape index (κ3) is 4.59. The fraction of sp³-hybridized carbons (Fsp3) is 0.304. The first-order valence-corrected chi connectivity index (χ1v) is 9.64. The Labute approximate surface area is 169 Å². The number of aromatic hydroxyl groups is 1. The first kappa shape index (κ1) is 20.5. The average Bonchev–Trinajstić information content (AvgIpc) is 2.68. The number of fused-ring (bicyclic) bond motifs is 1. The molecule has 6 nitrogen and oxygen atoms in total. The van der Waals surface area contributed by atoms with Gasteiger partial charge in [-0.3, -0.25) is 4.79 Å². The van der Waals surface area contributed by atoms with Gasteiger partial charge in [-0.1, -0.05) is 44.2 Å². The number of hydrogen-bond acceptors (Lipinski definition) is 5. The summed E-state index contributed by atoms with van der Waals surface area (Å²) in [4.78, 5) is 24.9. The highest BCUT2D eigenvalue weighted by molar-refractivity contribution is 5.94. The molecule has 0 bridgehead atoms. The number of hydrogen-bond donors (Lipinski definition) is 1. The van der Waals surface area contributed by atoms with Crippen LogP contribution < -0.4 is 10.2 Å². The van der Waals surface area contributed by atoms with E-state index < -0.39 is 5.97 Å². The second-order valence-corrected chi connectivity index (χ2v) is 7.25. The van der Waals surface area contributed by atoms with Gasteiger partial charge in [0, 0.05) is 29.9 Å². The Morgan fingerprint density at radius 2 is 1.90 bits per heavy atom. The molecule has 2 aliphatic rings. The van der Waals surface area contributed by atoms with Crippen molar-refractivity contribution in [3.05, 3.63) is 70.1 Å². The van der Waals surface area contributed by atoms with Gasteiger partial charge < -0.3 is 19.1 Å². The van der Waals surface area contributed by atoms with Crippen LogP contribution in [0.15, 0.2) is 53.5 Å². The summed E-state index contributed by atoms with van der Waals surface area (Å²) in [6.45, 7) is 6.69. The Morgan fingerprint density at radius 1 is 1.17 bits per heavy atom. The van der Waals surface area contributed by atoms with Crippen molar-refractivity contribution in [2.24, 2.45) is 5.92 Å². The third-order valence-corrected chi connectivity index (χ3v) is 4.45. The highest BCUT2D eigenvalue weighted by Crippen LogP contribution is 2.36. The van der Waals surface area contributed by atoms with E-state index in [1.165, 1.54) is 6.07 Å². The summed E-state index contributed by atoms with van der Waals surface area (Å²) >= 11 is 0. The summed E-state index contributed by atoms with van der Waals surface area (Å²) in [6, 6.07) is 12.5. The van der Waals surface area contributed by atoms with Crippen molar-refractivity contribution >= 4 is 5.97 Å². The summed E-state index contributed by atoms with van der Waals surface area (Å²) in [7, 11) is 0. The number of ether oxygens (including phenoxy) is 2. The quantitative estimate of drug-likeness (QED) is 0.610. The number of nitrogens with zero attached hydrogens (tertiary/aromatic N) is 1. The van der Waals surface area contributed by atoms with Crippen LogP contribution in [0.2, 0.25) is 0 Å². The van der Waals surface area contributed by atoms with E-state index in [1.807, 2.05) is 44.2 Å². The molecule has 1 aromatic carbocycles. The van der Waals surface area contributed by atoms with Crippen molar-refractivity contribution in [1.29, 1.82) is 0 Å². The Balaban J connectivity index is 2.05. The molecule has 0 spiro atoms. The van der Waals surface area contributed by atoms with Gasteiger partial charge in [-0.05, 0) is 24.5 Å². The number of aromatic nitrogens is 1. The Morgan fingerprint density at radius 3 is 2.55 bits per heavy atom. The monoisotopic (exact) mass is 395 g/mol. The number of carbonyl (C=O) groups excluding carboxylic acids is 1. The molecule has 0 saturated heterocycles. The summed E-state index contributed by atoms with van der Waals surface area (Å²) in [6.07, 6.45) is 1.75. The van der Waals surface area contributed by atoms with E-state index in [1.54, 1.807) is 23.8 Å². The lowest BCUT2D eigenvalue weighted by Gasteiger charge is -2.20. The van der Waals surface area contributed by atoms with Crippen LogP contribution in [0.1, 0.15) is 36.8 Å². The van der Waals surface area contributed by atoms with Crippen molar-refractivity contribution in [1.82, 2.24) is 4.57 Å². The second kappa shape index (κ2) is 8.82. The first-order valence-electron chi connectivity index (χ1n) is 9.64. The van der Waals surface area contributed by atoms with Crippen LogP contribution in [0.4, 0.5) is 0 Å². The molecule has 0 saturated carbocycles. The molecule has 0 unspecified atom stereocenters. The average molecular weight is 395 g/mol. The van der Waals surface area contributed by atoms with Crippen LogP contribution in [-0.4, -0.2) is 22.2 Å². The summed E-state index contributed by atoms with van der Waals surface area (Å²) < 4.78 is 12.5. The molecule has 1 aliphatic heterocycles. The minimum atomic E-state index is -0.621. The molecule has 1 aromatic rings. The maximum atomic E-state index is 12.5. The van der Waals surface area contributed by atoms with Gasteiger partial charge in [0.25, 0.3) is 0 Å². The summed E-state index contributed by atoms with van der Waals surface area (Å²) in [5, 5.41) is 10.8. The van der Waals surface area contributed by atoms with Gasteiger partial charge in [-0.2, -0.15) is 0 Å². The highest BCUT2D eigenvalue weighted by Gasteiger charge is 2.24. The minimum absolute atomic E-state index is 0.0467. The van der Waals surface area contributed by atoms with Crippen LogP contribution in [0.25, 0.3) is 11.1 Å². The van der Waals surface area contributed by atoms with Gasteiger partial charge in [-0.15, -0.1) is 0 Å². The first-order chi connectivity index (χ1) is 13.9. The number of pyridine rings is 1. The molecule has 0 fully saturated rings. The third-order valence-electron chi connectivity index (χ3n) is 4.45. The van der Waals surface area contributed by atoms with Gasteiger partial charge in [-0.25, -0.2) is 4.79 Å². The van der Waals surface area contributed by atoms with Gasteiger partial charge in [0.1, 0.15) is 6.61 Å². The molecule has 1 N–H and O–H groups in total. The van der Waals surface area contributed by atoms with Crippen molar-refractivity contribution in [2.75, 3.05) is 6.61 Å². The molecule has 0 amide bonds. The van der Waals surface area contributed by atoms with Gasteiger partial charge in [0.2, 0.25) is 5.43 Å². The molecule has 0 radical (unpaired) electrons. The van der Waals surface area contributed by atoms with E-state index in [-0.39, 0.29) is 41.8 Å². The SMILES string of the molecule is CCOC(=O)c1c(O)c2cc(=O)c(OCc3ccccc3)cc-2cn1CC(C)C. The molecular weight excluding hydrogens is 370 g/mol. The van der Waals surface area contributed by atoms with Gasteiger partial charge in [0.15, 0.2) is 17.2 Å². The number of carbonyl (C=O) groups is 1. The molecule has 152 valence electrons. The van der Waals surface area contributed by atoms with Crippen LogP contribution in [0.5, 0.6) is 11.5 Å². The maximum Gasteiger partial charge on any atom is 0.358 e. The predicted octanol–water partition coefficient (Wildman–Crippen LogP) is 4.07. The Bertz CT molecular complexity index is 1020. The molecule has 0 aromatic heterocycles. The molecule has 1 aliphatic carbocycles. The molecule has 6 heteroatoms. The standard InChI is InChI=1S/C23H25NO5/c1-4-28-23(27)21-22(26)18-11-19(25)20(29-14-16-8-6-5-7-9-16)10-17(18)13-24(21)12-15(2)3/h5-11,13,15,26H,4,12,14H2,1-3H3. The van der Waals surface area contributed by atoms with E-state index in [4.69, 9.17) is 9.47 Å². The topological polar surface area (TPSA) is 77.8 Å². The van der Waals surface area contributed by atoms with E-state index in [2.05, 4.69) is 0 Å². The lowest BCUT2D eigenvalue weighted by molar-refractivity contribution is 0.0508. The number of benzene rings is 2. The number of rotatable bonds is 7. The fourth-order valence-electron chi connectivity index (χ4n) is 3.18. The van der Waals surface area contributed by atoms with Crippen LogP contribution >= 0.6 is 0 Å². The van der Waals surface area contributed by atoms with Gasteiger partial charge in [0.05, 0.1) is 6.61 Å². The zero-order chi connectivity index (χ0) is 21.0. The fourth-order valence-corrected chi connectivity index (χ4v) is 3.18. The van der Waals surface area contributed by atoms with Crippen molar-refractivity contribution in [2.45, 2.75) is 33.9 Å². The van der Waals surface area contributed by atoms with Crippen molar-refractivity contribution in [3.8, 4) is 22.6 Å². The highest BCUT2D eigenvalue weighted by atomic mass is 16.5. The van der Waals surface area contributed by atoms with E-state index >= 15 is 0 Å². The Hall–Kier alpha value is -3.28. The lowest BCUT2D eigenvalue weighted by Crippen LogP contribution is -2.19. The summed E-state index contributed by atoms with van der Waals surface area (Å²) in [5.74, 6) is -0.448. The molecular formula is C23H25NO5. The number of esters is 1. The van der Waals surface area contributed by atoms with Crippen LogP contribution in [0, 0.1) is 5.92 Å². The zero-order valence-electron chi connectivity index (χ0n) is 16.8. The largest absolute Gasteiger partial charge is 0.505 e. The van der Waals surface area contributed by atoms with Crippen LogP contribution in [0.3, 0.4) is 0 Å². The normalized spacial score (nSPS) is 11.0. The molecule has 1 heterocycles. The second-order valence-electron chi connectivity index (χ2n) is 7.25. The molecule has 29 heavy (non-hydrogen) atoms. The summed E-state index contributed by atoms with van der Waals surface area (Å²) in [5.41, 5.74) is 1.54. The van der Waals surface area contributed by atoms with Gasteiger partial charge >= 0.3 is 5.97 Å². The van der Waals surface area contributed by atoms with Crippen molar-refractivity contribution in [3.63, 3.8) is 0 Å². The van der Waals surface area contributed by atoms with Crippen molar-refractivity contribution < 1.29 is 19.4 Å². The molecule has 3 rings (SSSR count). The predicted molar refractivity (Wildman–Crippen MR) is 111 cm³/mol. The zero-order valence-corrected chi connectivity index (χ0v) is 16.8. The van der Waals surface area contributed by atoms with E-state index in [0.29, 0.717) is 17.7 Å². The Kier molecular flexibility index (Phi) is 6.22. The minimum Gasteiger partial charge on any atom is -0.505 e. The molecule has 0 atom stereocenters.